The van der Waals surface area contributed by atoms with E-state index in [0.29, 0.717) is 19.1 Å². The Morgan fingerprint density at radius 2 is 2.17 bits per heavy atom. The third-order valence-corrected chi connectivity index (χ3v) is 4.53. The first-order chi connectivity index (χ1) is 11.3. The molecule has 0 saturated carbocycles. The maximum atomic E-state index is 11.9. The summed E-state index contributed by atoms with van der Waals surface area (Å²) in [5.41, 5.74) is 1.33. The van der Waals surface area contributed by atoms with Crippen LogP contribution in [0.25, 0.3) is 0 Å². The zero-order valence-electron chi connectivity index (χ0n) is 13.5. The average Bonchev–Trinajstić information content (AvgIpc) is 2.97. The van der Waals surface area contributed by atoms with Gasteiger partial charge in [-0.2, -0.15) is 0 Å². The quantitative estimate of drug-likeness (QED) is 0.792. The molecule has 23 heavy (non-hydrogen) atoms. The van der Waals surface area contributed by atoms with Gasteiger partial charge in [0.2, 0.25) is 5.91 Å². The van der Waals surface area contributed by atoms with Crippen molar-refractivity contribution in [2.75, 3.05) is 39.3 Å². The SMILES string of the molecule is C=CCNC(=O)CN1C[C@@H]2OCCN(Cc3ccccc3)[C@@H]2C1. The molecule has 124 valence electrons. The molecular weight excluding hydrogens is 290 g/mol. The van der Waals surface area contributed by atoms with Crippen molar-refractivity contribution in [3.8, 4) is 0 Å². The highest BCUT2D eigenvalue weighted by atomic mass is 16.5. The maximum absolute atomic E-state index is 11.9. The Kier molecular flexibility index (Phi) is 5.43. The Hall–Kier alpha value is -1.69. The summed E-state index contributed by atoms with van der Waals surface area (Å²) >= 11 is 0. The normalized spacial score (nSPS) is 25.0. The first-order valence-electron chi connectivity index (χ1n) is 8.26. The van der Waals surface area contributed by atoms with Gasteiger partial charge in [0, 0.05) is 32.7 Å². The summed E-state index contributed by atoms with van der Waals surface area (Å²) < 4.78 is 5.93. The Morgan fingerprint density at radius 1 is 1.35 bits per heavy atom. The third kappa shape index (κ3) is 4.19. The molecule has 0 unspecified atom stereocenters. The Morgan fingerprint density at radius 3 is 2.96 bits per heavy atom. The van der Waals surface area contributed by atoms with Crippen LogP contribution in [0, 0.1) is 0 Å². The van der Waals surface area contributed by atoms with Crippen LogP contribution in [-0.4, -0.2) is 67.2 Å². The number of carbonyl (C=O) groups excluding carboxylic acids is 1. The summed E-state index contributed by atoms with van der Waals surface area (Å²) in [5, 5.41) is 2.84. The zero-order valence-corrected chi connectivity index (χ0v) is 13.5. The van der Waals surface area contributed by atoms with Gasteiger partial charge in [-0.15, -0.1) is 6.58 Å². The first-order valence-corrected chi connectivity index (χ1v) is 8.26. The fraction of sp³-hybridized carbons (Fsp3) is 0.500. The molecule has 0 radical (unpaired) electrons. The van der Waals surface area contributed by atoms with Crippen LogP contribution in [0.2, 0.25) is 0 Å². The molecular formula is C18H25N3O2. The number of nitrogens with zero attached hydrogens (tertiary/aromatic N) is 2. The lowest BCUT2D eigenvalue weighted by molar-refractivity contribution is -0.121. The van der Waals surface area contributed by atoms with Crippen molar-refractivity contribution in [3.05, 3.63) is 48.6 Å². The van der Waals surface area contributed by atoms with E-state index in [4.69, 9.17) is 4.74 Å². The summed E-state index contributed by atoms with van der Waals surface area (Å²) in [7, 11) is 0. The van der Waals surface area contributed by atoms with E-state index in [1.54, 1.807) is 6.08 Å². The fourth-order valence-corrected chi connectivity index (χ4v) is 3.42. The Labute approximate surface area is 137 Å². The topological polar surface area (TPSA) is 44.8 Å². The van der Waals surface area contributed by atoms with Gasteiger partial charge in [-0.1, -0.05) is 36.4 Å². The van der Waals surface area contributed by atoms with Crippen LogP contribution < -0.4 is 5.32 Å². The number of benzene rings is 1. The zero-order chi connectivity index (χ0) is 16.1. The lowest BCUT2D eigenvalue weighted by atomic mass is 10.1. The largest absolute Gasteiger partial charge is 0.374 e. The molecule has 1 aromatic rings. The molecule has 2 aliphatic heterocycles. The molecule has 3 rings (SSSR count). The van der Waals surface area contributed by atoms with E-state index >= 15 is 0 Å². The number of hydrogen-bond acceptors (Lipinski definition) is 4. The molecule has 2 aliphatic rings. The van der Waals surface area contributed by atoms with Crippen LogP contribution in [0.1, 0.15) is 5.56 Å². The van der Waals surface area contributed by atoms with Crippen LogP contribution >= 0.6 is 0 Å². The van der Waals surface area contributed by atoms with Gasteiger partial charge in [0.05, 0.1) is 25.3 Å². The molecule has 0 aliphatic carbocycles. The van der Waals surface area contributed by atoms with Crippen molar-refractivity contribution in [1.29, 1.82) is 0 Å². The molecule has 2 heterocycles. The Bertz CT molecular complexity index is 534. The van der Waals surface area contributed by atoms with Crippen LogP contribution in [-0.2, 0) is 16.1 Å². The number of hydrogen-bond donors (Lipinski definition) is 1. The van der Waals surface area contributed by atoms with Crippen molar-refractivity contribution in [2.24, 2.45) is 0 Å². The minimum Gasteiger partial charge on any atom is -0.374 e. The number of amides is 1. The monoisotopic (exact) mass is 315 g/mol. The van der Waals surface area contributed by atoms with Crippen LogP contribution in [0.5, 0.6) is 0 Å². The summed E-state index contributed by atoms with van der Waals surface area (Å²) in [6.45, 7) is 8.96. The standard InChI is InChI=1S/C18H25N3O2/c1-2-8-19-18(22)14-20-12-16-17(13-20)23-10-9-21(16)11-15-6-4-3-5-7-15/h2-7,16-17H,1,8-14H2,(H,19,22)/t16-,17+/m1/s1. The van der Waals surface area contributed by atoms with Crippen molar-refractivity contribution < 1.29 is 9.53 Å². The molecule has 2 atom stereocenters. The molecule has 0 bridgehead atoms. The summed E-state index contributed by atoms with van der Waals surface area (Å²) in [6.07, 6.45) is 1.91. The highest BCUT2D eigenvalue weighted by Crippen LogP contribution is 2.24. The highest BCUT2D eigenvalue weighted by molar-refractivity contribution is 5.78. The van der Waals surface area contributed by atoms with Gasteiger partial charge in [-0.3, -0.25) is 14.6 Å². The minimum atomic E-state index is 0.0538. The number of rotatable bonds is 6. The van der Waals surface area contributed by atoms with E-state index in [1.807, 2.05) is 6.07 Å². The lowest BCUT2D eigenvalue weighted by Gasteiger charge is -2.37. The predicted molar refractivity (Wildman–Crippen MR) is 90.0 cm³/mol. The third-order valence-electron chi connectivity index (χ3n) is 4.53. The smallest absolute Gasteiger partial charge is 0.234 e. The van der Waals surface area contributed by atoms with Gasteiger partial charge in [0.25, 0.3) is 0 Å². The van der Waals surface area contributed by atoms with E-state index in [-0.39, 0.29) is 12.0 Å². The van der Waals surface area contributed by atoms with E-state index in [2.05, 4.69) is 46.0 Å². The van der Waals surface area contributed by atoms with Gasteiger partial charge in [0.15, 0.2) is 0 Å². The molecule has 5 heteroatoms. The van der Waals surface area contributed by atoms with Crippen LogP contribution in [0.3, 0.4) is 0 Å². The molecule has 1 aromatic carbocycles. The molecule has 2 fully saturated rings. The van der Waals surface area contributed by atoms with Gasteiger partial charge in [-0.25, -0.2) is 0 Å². The van der Waals surface area contributed by atoms with E-state index < -0.39 is 0 Å². The van der Waals surface area contributed by atoms with Gasteiger partial charge < -0.3 is 10.1 Å². The summed E-state index contributed by atoms with van der Waals surface area (Å²) in [5.74, 6) is 0.0538. The number of likely N-dealkylation sites (tertiary alicyclic amines) is 1. The molecule has 2 saturated heterocycles. The molecule has 0 spiro atoms. The first kappa shape index (κ1) is 16.2. The molecule has 1 amide bonds. The Balaban J connectivity index is 1.57. The number of morpholine rings is 1. The van der Waals surface area contributed by atoms with Crippen molar-refractivity contribution in [1.82, 2.24) is 15.1 Å². The second-order valence-corrected chi connectivity index (χ2v) is 6.22. The average molecular weight is 315 g/mol. The van der Waals surface area contributed by atoms with Gasteiger partial charge in [-0.05, 0) is 5.56 Å². The highest BCUT2D eigenvalue weighted by Gasteiger charge is 2.40. The fourth-order valence-electron chi connectivity index (χ4n) is 3.42. The maximum Gasteiger partial charge on any atom is 0.234 e. The minimum absolute atomic E-state index is 0.0538. The van der Waals surface area contributed by atoms with Crippen LogP contribution in [0.15, 0.2) is 43.0 Å². The predicted octanol–water partition coefficient (Wildman–Crippen LogP) is 0.874. The van der Waals surface area contributed by atoms with Crippen molar-refractivity contribution in [3.63, 3.8) is 0 Å². The number of fused-ring (bicyclic) bond motifs is 1. The van der Waals surface area contributed by atoms with E-state index in [1.165, 1.54) is 5.56 Å². The summed E-state index contributed by atoms with van der Waals surface area (Å²) in [6, 6.07) is 10.9. The lowest BCUT2D eigenvalue weighted by Crippen LogP contribution is -2.50. The second-order valence-electron chi connectivity index (χ2n) is 6.22. The second kappa shape index (κ2) is 7.73. The summed E-state index contributed by atoms with van der Waals surface area (Å²) in [4.78, 5) is 16.6. The van der Waals surface area contributed by atoms with Gasteiger partial charge >= 0.3 is 0 Å². The van der Waals surface area contributed by atoms with Crippen LogP contribution in [0.4, 0.5) is 0 Å². The number of nitrogens with one attached hydrogen (secondary N) is 1. The molecule has 0 aromatic heterocycles. The number of ether oxygens (including phenoxy) is 1. The van der Waals surface area contributed by atoms with E-state index in [0.717, 1.165) is 32.8 Å². The van der Waals surface area contributed by atoms with Crippen molar-refractivity contribution >= 4 is 5.91 Å². The molecule has 5 nitrogen and oxygen atoms in total. The van der Waals surface area contributed by atoms with Gasteiger partial charge in [0.1, 0.15) is 0 Å². The molecule has 1 N–H and O–H groups in total. The van der Waals surface area contributed by atoms with E-state index in [9.17, 15) is 4.79 Å². The van der Waals surface area contributed by atoms with Crippen molar-refractivity contribution in [2.45, 2.75) is 18.7 Å². The number of carbonyl (C=O) groups is 1.